The molecule has 1 heterocycles. The monoisotopic (exact) mass is 391 g/mol. The summed E-state index contributed by atoms with van der Waals surface area (Å²) in [5.41, 5.74) is 0.756. The quantitative estimate of drug-likeness (QED) is 0.741. The number of sulfone groups is 1. The van der Waals surface area contributed by atoms with E-state index in [1.54, 1.807) is 6.92 Å². The normalized spacial score (nSPS) is 11.4. The molecule has 1 N–H and O–H groups in total. The number of benzene rings is 2. The van der Waals surface area contributed by atoms with Gasteiger partial charge in [-0.2, -0.15) is 5.10 Å². The number of aryl methyl sites for hydroxylation is 1. The van der Waals surface area contributed by atoms with Gasteiger partial charge in [-0.15, -0.1) is 0 Å². The molecular weight excluding hydrogens is 376 g/mol. The average Bonchev–Trinajstić information content (AvgIpc) is 2.96. The van der Waals surface area contributed by atoms with Gasteiger partial charge in [0.1, 0.15) is 11.5 Å². The molecule has 0 aliphatic rings. The number of aromatic nitrogens is 2. The summed E-state index contributed by atoms with van der Waals surface area (Å²) < 4.78 is 51.5. The van der Waals surface area contributed by atoms with Gasteiger partial charge < -0.3 is 5.32 Å². The van der Waals surface area contributed by atoms with Crippen LogP contribution in [0.15, 0.2) is 53.4 Å². The van der Waals surface area contributed by atoms with Crippen molar-refractivity contribution in [2.75, 3.05) is 11.6 Å². The molecule has 0 unspecified atom stereocenters. The van der Waals surface area contributed by atoms with Gasteiger partial charge in [0, 0.05) is 23.7 Å². The predicted molar refractivity (Wildman–Crippen MR) is 95.7 cm³/mol. The van der Waals surface area contributed by atoms with Crippen molar-refractivity contribution in [3.63, 3.8) is 0 Å². The first kappa shape index (κ1) is 18.7. The van der Waals surface area contributed by atoms with E-state index in [2.05, 4.69) is 10.4 Å². The van der Waals surface area contributed by atoms with E-state index in [9.17, 15) is 22.0 Å². The molecule has 3 aromatic rings. The van der Waals surface area contributed by atoms with Crippen molar-refractivity contribution < 1.29 is 22.0 Å². The lowest BCUT2D eigenvalue weighted by molar-refractivity contribution is 0.102. The third-order valence-electron chi connectivity index (χ3n) is 3.78. The molecule has 0 atom stereocenters. The lowest BCUT2D eigenvalue weighted by Gasteiger charge is -2.06. The van der Waals surface area contributed by atoms with Crippen LogP contribution in [0.1, 0.15) is 16.2 Å². The van der Waals surface area contributed by atoms with Crippen molar-refractivity contribution in [2.24, 2.45) is 0 Å². The van der Waals surface area contributed by atoms with E-state index in [1.165, 1.54) is 41.1 Å². The van der Waals surface area contributed by atoms with Crippen LogP contribution in [0.4, 0.5) is 14.5 Å². The summed E-state index contributed by atoms with van der Waals surface area (Å²) in [5, 5.41) is 6.62. The minimum atomic E-state index is -3.42. The zero-order chi connectivity index (χ0) is 19.8. The molecule has 9 heteroatoms. The maximum atomic E-state index is 14.0. The summed E-state index contributed by atoms with van der Waals surface area (Å²) in [7, 11) is -3.42. The second kappa shape index (κ2) is 6.92. The van der Waals surface area contributed by atoms with Gasteiger partial charge in [0.05, 0.1) is 4.90 Å². The number of halogens is 2. The van der Waals surface area contributed by atoms with E-state index in [4.69, 9.17) is 0 Å². The Bertz CT molecular complexity index is 1140. The number of nitrogens with zero attached hydrogens (tertiary/aromatic N) is 2. The van der Waals surface area contributed by atoms with Crippen LogP contribution < -0.4 is 5.32 Å². The van der Waals surface area contributed by atoms with Crippen molar-refractivity contribution in [3.8, 4) is 5.69 Å². The summed E-state index contributed by atoms with van der Waals surface area (Å²) in [5.74, 6) is -2.12. The Hall–Kier alpha value is -3.07. The van der Waals surface area contributed by atoms with Gasteiger partial charge in [-0.05, 0) is 43.3 Å². The van der Waals surface area contributed by atoms with Gasteiger partial charge >= 0.3 is 0 Å². The van der Waals surface area contributed by atoms with Crippen molar-refractivity contribution in [3.05, 3.63) is 71.6 Å². The second-order valence-corrected chi connectivity index (χ2v) is 7.95. The van der Waals surface area contributed by atoms with Crippen molar-refractivity contribution >= 4 is 21.4 Å². The lowest BCUT2D eigenvalue weighted by Crippen LogP contribution is -2.14. The zero-order valence-electron chi connectivity index (χ0n) is 14.4. The van der Waals surface area contributed by atoms with Gasteiger partial charge in [-0.3, -0.25) is 4.79 Å². The number of anilines is 1. The molecule has 0 saturated heterocycles. The van der Waals surface area contributed by atoms with Gasteiger partial charge in [0.15, 0.2) is 21.3 Å². The molecule has 6 nitrogen and oxygen atoms in total. The van der Waals surface area contributed by atoms with Crippen LogP contribution in [0.2, 0.25) is 0 Å². The second-order valence-electron chi connectivity index (χ2n) is 5.93. The molecule has 0 aliphatic carbocycles. The molecule has 140 valence electrons. The molecule has 0 fully saturated rings. The Morgan fingerprint density at radius 3 is 2.52 bits per heavy atom. The van der Waals surface area contributed by atoms with E-state index in [1.807, 2.05) is 0 Å². The molecule has 0 aliphatic heterocycles. The van der Waals surface area contributed by atoms with E-state index in [0.29, 0.717) is 5.69 Å². The fourth-order valence-corrected chi connectivity index (χ4v) is 3.15. The Balaban J connectivity index is 1.89. The number of nitrogens with one attached hydrogen (secondary N) is 1. The van der Waals surface area contributed by atoms with E-state index in [-0.39, 0.29) is 22.0 Å². The van der Waals surface area contributed by atoms with E-state index in [0.717, 1.165) is 18.4 Å². The molecule has 27 heavy (non-hydrogen) atoms. The lowest BCUT2D eigenvalue weighted by atomic mass is 10.3. The predicted octanol–water partition coefficient (Wildman–Crippen LogP) is 3.11. The van der Waals surface area contributed by atoms with Gasteiger partial charge in [0.25, 0.3) is 5.91 Å². The molecule has 0 radical (unpaired) electrons. The number of amides is 1. The van der Waals surface area contributed by atoms with Gasteiger partial charge in [0.2, 0.25) is 0 Å². The van der Waals surface area contributed by atoms with Crippen molar-refractivity contribution in [2.45, 2.75) is 11.8 Å². The molecule has 2 aromatic carbocycles. The molecule has 0 saturated carbocycles. The van der Waals surface area contributed by atoms with Crippen LogP contribution in [0.25, 0.3) is 5.69 Å². The summed E-state index contributed by atoms with van der Waals surface area (Å²) in [6.07, 6.45) is 1.07. The minimum absolute atomic E-state index is 0.000911. The van der Waals surface area contributed by atoms with Crippen LogP contribution in [0, 0.1) is 18.6 Å². The highest BCUT2D eigenvalue weighted by Gasteiger charge is 2.16. The Morgan fingerprint density at radius 1 is 1.11 bits per heavy atom. The largest absolute Gasteiger partial charge is 0.321 e. The molecule has 3 rings (SSSR count). The number of hydrogen-bond acceptors (Lipinski definition) is 4. The summed E-state index contributed by atoms with van der Waals surface area (Å²) in [6.45, 7) is 1.62. The summed E-state index contributed by atoms with van der Waals surface area (Å²) in [6, 6.07) is 10.3. The average molecular weight is 391 g/mol. The molecule has 0 bridgehead atoms. The molecule has 1 aromatic heterocycles. The zero-order valence-corrected chi connectivity index (χ0v) is 15.2. The van der Waals surface area contributed by atoms with Crippen molar-refractivity contribution in [1.29, 1.82) is 0 Å². The molecule has 0 spiro atoms. The number of rotatable bonds is 4. The topological polar surface area (TPSA) is 81.1 Å². The Morgan fingerprint density at radius 2 is 1.85 bits per heavy atom. The summed E-state index contributed by atoms with van der Waals surface area (Å²) in [4.78, 5) is 12.5. The Labute approximate surface area is 154 Å². The highest BCUT2D eigenvalue weighted by Crippen LogP contribution is 2.19. The number of carbonyl (C=O) groups is 1. The van der Waals surface area contributed by atoms with Crippen molar-refractivity contribution in [1.82, 2.24) is 9.78 Å². The fraction of sp³-hybridized carbons (Fsp3) is 0.111. The fourth-order valence-electron chi connectivity index (χ4n) is 2.48. The van der Waals surface area contributed by atoms with Gasteiger partial charge in [-0.25, -0.2) is 21.9 Å². The standard InChI is InChI=1S/C18H15F2N3O3S/c1-11-8-16(22-23(11)17-7-6-12(19)9-15(17)20)18(24)21-13-4-3-5-14(10-13)27(2,25)26/h3-10H,1-2H3,(H,21,24). The maximum Gasteiger partial charge on any atom is 0.276 e. The van der Waals surface area contributed by atoms with E-state index < -0.39 is 27.4 Å². The highest BCUT2D eigenvalue weighted by molar-refractivity contribution is 7.90. The van der Waals surface area contributed by atoms with Crippen LogP contribution in [-0.4, -0.2) is 30.4 Å². The SMILES string of the molecule is Cc1cc(C(=O)Nc2cccc(S(C)(=O)=O)c2)nn1-c1ccc(F)cc1F. The number of carbonyl (C=O) groups excluding carboxylic acids is 1. The Kier molecular flexibility index (Phi) is 4.79. The van der Waals surface area contributed by atoms with Crippen LogP contribution >= 0.6 is 0 Å². The highest BCUT2D eigenvalue weighted by atomic mass is 32.2. The van der Waals surface area contributed by atoms with E-state index >= 15 is 0 Å². The van der Waals surface area contributed by atoms with Crippen LogP contribution in [0.3, 0.4) is 0 Å². The molecular formula is C18H15F2N3O3S. The number of hydrogen-bond donors (Lipinski definition) is 1. The first-order valence-corrected chi connectivity index (χ1v) is 9.68. The first-order valence-electron chi connectivity index (χ1n) is 7.79. The van der Waals surface area contributed by atoms with Crippen LogP contribution in [0.5, 0.6) is 0 Å². The summed E-state index contributed by atoms with van der Waals surface area (Å²) >= 11 is 0. The third-order valence-corrected chi connectivity index (χ3v) is 4.89. The smallest absolute Gasteiger partial charge is 0.276 e. The molecule has 1 amide bonds. The van der Waals surface area contributed by atoms with Gasteiger partial charge in [-0.1, -0.05) is 6.07 Å². The van der Waals surface area contributed by atoms with Crippen LogP contribution in [-0.2, 0) is 9.84 Å². The maximum absolute atomic E-state index is 14.0. The minimum Gasteiger partial charge on any atom is -0.321 e. The first-order chi connectivity index (χ1) is 12.6. The third kappa shape index (κ3) is 4.03.